The number of hydrogen-bond acceptors (Lipinski definition) is 5. The molecule has 1 aliphatic rings. The van der Waals surface area contributed by atoms with E-state index in [-0.39, 0.29) is 0 Å². The van der Waals surface area contributed by atoms with Crippen LogP contribution in [0.1, 0.15) is 18.4 Å². The van der Waals surface area contributed by atoms with Crippen molar-refractivity contribution < 1.29 is 0 Å². The monoisotopic (exact) mass is 327 g/mol. The first kappa shape index (κ1) is 16.4. The molecule has 0 atom stereocenters. The Morgan fingerprint density at radius 3 is 1.96 bits per heavy atom. The predicted octanol–water partition coefficient (Wildman–Crippen LogP) is 5.13. The van der Waals surface area contributed by atoms with Crippen molar-refractivity contribution in [3.05, 3.63) is 60.2 Å². The van der Waals surface area contributed by atoms with Gasteiger partial charge in [0.15, 0.2) is 0 Å². The molecule has 122 valence electrons. The van der Waals surface area contributed by atoms with Gasteiger partial charge in [-0.1, -0.05) is 12.1 Å². The van der Waals surface area contributed by atoms with Crippen molar-refractivity contribution in [2.45, 2.75) is 12.8 Å². The van der Waals surface area contributed by atoms with E-state index in [0.29, 0.717) is 16.8 Å². The zero-order valence-electron chi connectivity index (χ0n) is 13.8. The molecule has 1 fully saturated rings. The van der Waals surface area contributed by atoms with Crippen LogP contribution in [0, 0.1) is 22.7 Å². The topological polar surface area (TPSA) is 75.5 Å². The number of rotatable bonds is 4. The minimum absolute atomic E-state index is 0.337. The lowest BCUT2D eigenvalue weighted by atomic mass is 10.1. The van der Waals surface area contributed by atoms with Crippen LogP contribution in [0.25, 0.3) is 5.57 Å². The van der Waals surface area contributed by atoms with Crippen LogP contribution in [0.4, 0.5) is 17.1 Å². The average molecular weight is 327 g/mol. The zero-order valence-corrected chi connectivity index (χ0v) is 13.8. The van der Waals surface area contributed by atoms with Gasteiger partial charge in [-0.15, -0.1) is 0 Å². The Hall–Kier alpha value is -3.44. The summed E-state index contributed by atoms with van der Waals surface area (Å²) in [5.41, 5.74) is 3.76. The predicted molar refractivity (Wildman–Crippen MR) is 97.7 cm³/mol. The first-order chi connectivity index (χ1) is 12.3. The molecule has 0 aromatic heterocycles. The van der Waals surface area contributed by atoms with E-state index >= 15 is 0 Å². The fourth-order valence-electron chi connectivity index (χ4n) is 2.77. The van der Waals surface area contributed by atoms with Gasteiger partial charge < -0.3 is 4.90 Å². The lowest BCUT2D eigenvalue weighted by Gasteiger charge is -2.17. The molecule has 1 saturated heterocycles. The first-order valence-corrected chi connectivity index (χ1v) is 8.17. The van der Waals surface area contributed by atoms with Crippen molar-refractivity contribution in [1.29, 1.82) is 10.5 Å². The van der Waals surface area contributed by atoms with E-state index in [0.717, 1.165) is 18.8 Å². The smallest absolute Gasteiger partial charge is 0.101 e. The molecule has 0 amide bonds. The molecule has 25 heavy (non-hydrogen) atoms. The first-order valence-electron chi connectivity index (χ1n) is 8.17. The lowest BCUT2D eigenvalue weighted by Crippen LogP contribution is -2.17. The number of hydrogen-bond donors (Lipinski definition) is 0. The van der Waals surface area contributed by atoms with Crippen LogP contribution in [0.5, 0.6) is 0 Å². The van der Waals surface area contributed by atoms with Crippen molar-refractivity contribution in [2.24, 2.45) is 10.2 Å². The molecule has 3 rings (SSSR count). The van der Waals surface area contributed by atoms with Crippen molar-refractivity contribution in [2.75, 3.05) is 18.0 Å². The van der Waals surface area contributed by atoms with Crippen LogP contribution in [-0.4, -0.2) is 13.1 Å². The molecular weight excluding hydrogens is 310 g/mol. The second-order valence-corrected chi connectivity index (χ2v) is 5.76. The van der Waals surface area contributed by atoms with Crippen molar-refractivity contribution in [3.8, 4) is 12.1 Å². The molecular formula is C20H17N5. The number of nitriles is 2. The third-order valence-corrected chi connectivity index (χ3v) is 4.11. The fourth-order valence-corrected chi connectivity index (χ4v) is 2.77. The Morgan fingerprint density at radius 1 is 0.880 bits per heavy atom. The number of allylic oxidation sites excluding steroid dienone is 2. The highest BCUT2D eigenvalue weighted by Gasteiger charge is 2.11. The Labute approximate surface area is 147 Å². The largest absolute Gasteiger partial charge is 0.372 e. The number of anilines is 1. The summed E-state index contributed by atoms with van der Waals surface area (Å²) < 4.78 is 0. The van der Waals surface area contributed by atoms with Gasteiger partial charge in [0, 0.05) is 24.9 Å². The summed E-state index contributed by atoms with van der Waals surface area (Å²) in [6.45, 7) is 2.25. The highest BCUT2D eigenvalue weighted by molar-refractivity contribution is 5.78. The van der Waals surface area contributed by atoms with Crippen LogP contribution in [0.2, 0.25) is 0 Å². The Morgan fingerprint density at radius 2 is 1.44 bits per heavy atom. The maximum atomic E-state index is 9.02. The van der Waals surface area contributed by atoms with Crippen molar-refractivity contribution in [1.82, 2.24) is 0 Å². The Bertz CT molecular complexity index is 858. The second kappa shape index (κ2) is 7.90. The van der Waals surface area contributed by atoms with Crippen molar-refractivity contribution in [3.63, 3.8) is 0 Å². The molecule has 0 spiro atoms. The van der Waals surface area contributed by atoms with Crippen LogP contribution >= 0.6 is 0 Å². The summed E-state index contributed by atoms with van der Waals surface area (Å²) in [6.07, 6.45) is 3.75. The molecule has 0 saturated carbocycles. The molecule has 2 aromatic rings. The minimum Gasteiger partial charge on any atom is -0.372 e. The van der Waals surface area contributed by atoms with E-state index in [2.05, 4.69) is 27.3 Å². The van der Waals surface area contributed by atoms with Gasteiger partial charge >= 0.3 is 0 Å². The molecule has 5 nitrogen and oxygen atoms in total. The number of benzene rings is 2. The average Bonchev–Trinajstić information content (AvgIpc) is 3.20. The van der Waals surface area contributed by atoms with E-state index in [1.807, 2.05) is 24.3 Å². The summed E-state index contributed by atoms with van der Waals surface area (Å²) in [5.74, 6) is 0. The molecule has 0 radical (unpaired) electrons. The zero-order chi connectivity index (χ0) is 17.5. The van der Waals surface area contributed by atoms with Gasteiger partial charge in [0.1, 0.15) is 6.07 Å². The van der Waals surface area contributed by atoms with Crippen LogP contribution in [-0.2, 0) is 0 Å². The minimum atomic E-state index is 0.337. The van der Waals surface area contributed by atoms with Gasteiger partial charge in [0.25, 0.3) is 0 Å². The quantitative estimate of drug-likeness (QED) is 0.577. The molecule has 1 heterocycles. The highest BCUT2D eigenvalue weighted by Crippen LogP contribution is 2.25. The van der Waals surface area contributed by atoms with E-state index in [1.165, 1.54) is 24.6 Å². The summed E-state index contributed by atoms with van der Waals surface area (Å²) in [6, 6.07) is 19.0. The molecule has 0 aliphatic carbocycles. The molecule has 0 unspecified atom stereocenters. The maximum Gasteiger partial charge on any atom is 0.101 e. The fraction of sp³-hybridized carbons (Fsp3) is 0.200. The molecule has 5 heteroatoms. The van der Waals surface area contributed by atoms with Gasteiger partial charge in [0.2, 0.25) is 0 Å². The summed E-state index contributed by atoms with van der Waals surface area (Å²) >= 11 is 0. The van der Waals surface area contributed by atoms with E-state index in [1.54, 1.807) is 24.3 Å². The van der Waals surface area contributed by atoms with Gasteiger partial charge in [-0.2, -0.15) is 20.8 Å². The summed E-state index contributed by atoms with van der Waals surface area (Å²) in [7, 11) is 0. The highest BCUT2D eigenvalue weighted by atomic mass is 15.1. The third kappa shape index (κ3) is 4.10. The molecule has 0 bridgehead atoms. The van der Waals surface area contributed by atoms with Crippen LogP contribution in [0.15, 0.2) is 64.8 Å². The third-order valence-electron chi connectivity index (χ3n) is 4.11. The van der Waals surface area contributed by atoms with Crippen LogP contribution in [0.3, 0.4) is 0 Å². The van der Waals surface area contributed by atoms with Crippen LogP contribution < -0.4 is 4.90 Å². The lowest BCUT2D eigenvalue weighted by molar-refractivity contribution is 0.949. The number of nitrogens with zero attached hydrogens (tertiary/aromatic N) is 5. The second-order valence-electron chi connectivity index (χ2n) is 5.76. The number of azo groups is 1. The molecule has 1 aliphatic heterocycles. The summed E-state index contributed by atoms with van der Waals surface area (Å²) in [5, 5.41) is 26.2. The van der Waals surface area contributed by atoms with E-state index in [4.69, 9.17) is 10.5 Å². The van der Waals surface area contributed by atoms with E-state index in [9.17, 15) is 0 Å². The van der Waals surface area contributed by atoms with Gasteiger partial charge in [-0.05, 0) is 54.8 Å². The Balaban J connectivity index is 1.68. The Kier molecular flexibility index (Phi) is 5.19. The molecule has 0 N–H and O–H groups in total. The maximum absolute atomic E-state index is 9.02. The van der Waals surface area contributed by atoms with E-state index < -0.39 is 0 Å². The van der Waals surface area contributed by atoms with Crippen molar-refractivity contribution >= 4 is 22.6 Å². The SMILES string of the molecule is N#C/C=C(\C#N)c1ccc(/N=N/c2ccc(N3CCCC3)cc2)cc1. The molecule has 2 aromatic carbocycles. The summed E-state index contributed by atoms with van der Waals surface area (Å²) in [4.78, 5) is 2.38. The standard InChI is InChI=1S/C20H17N5/c21-12-11-17(15-22)16-3-5-18(6-4-16)23-24-19-7-9-20(10-8-19)25-13-1-2-14-25/h3-11H,1-2,13-14H2/b17-11+,24-23+. The van der Waals surface area contributed by atoms with Gasteiger partial charge in [-0.25, -0.2) is 0 Å². The normalized spacial score (nSPS) is 14.5. The van der Waals surface area contributed by atoms with Gasteiger partial charge in [-0.3, -0.25) is 0 Å². The van der Waals surface area contributed by atoms with Gasteiger partial charge in [0.05, 0.1) is 23.0 Å².